The van der Waals surface area contributed by atoms with Gasteiger partial charge in [-0.05, 0) is 31.8 Å². The smallest absolute Gasteiger partial charge is 0.0792 e. The molecule has 0 aromatic heterocycles. The van der Waals surface area contributed by atoms with Gasteiger partial charge in [0.2, 0.25) is 0 Å². The van der Waals surface area contributed by atoms with Crippen LogP contribution in [0.15, 0.2) is 16.3 Å². The van der Waals surface area contributed by atoms with Crippen molar-refractivity contribution in [2.24, 2.45) is 4.99 Å². The van der Waals surface area contributed by atoms with Gasteiger partial charge in [0.05, 0.1) is 12.3 Å². The molecule has 1 heterocycles. The van der Waals surface area contributed by atoms with Crippen molar-refractivity contribution in [3.63, 3.8) is 0 Å². The summed E-state index contributed by atoms with van der Waals surface area (Å²) in [7, 11) is 0. The minimum Gasteiger partial charge on any atom is -0.377 e. The molecule has 1 rings (SSSR count). The van der Waals surface area contributed by atoms with Crippen LogP contribution in [0.1, 0.15) is 33.1 Å². The first-order valence-corrected chi connectivity index (χ1v) is 5.48. The van der Waals surface area contributed by atoms with E-state index in [-0.39, 0.29) is 0 Å². The second kappa shape index (κ2) is 6.58. The molecule has 15 heavy (non-hydrogen) atoms. The topological polar surface area (TPSA) is 53.8 Å². The summed E-state index contributed by atoms with van der Waals surface area (Å²) in [6.07, 6.45) is 4.82. The van der Waals surface area contributed by atoms with E-state index < -0.39 is 0 Å². The van der Waals surface area contributed by atoms with Crippen LogP contribution in [0.3, 0.4) is 0 Å². The maximum Gasteiger partial charge on any atom is 0.0792 e. The van der Waals surface area contributed by atoms with Gasteiger partial charge in [0, 0.05) is 18.9 Å². The van der Waals surface area contributed by atoms with Gasteiger partial charge in [-0.25, -0.2) is 0 Å². The van der Waals surface area contributed by atoms with E-state index in [1.807, 2.05) is 6.92 Å². The summed E-state index contributed by atoms with van der Waals surface area (Å²) in [4.78, 5) is 4.45. The number of hydroxylamine groups is 1. The number of hydrogen-bond acceptors (Lipinski definition) is 4. The monoisotopic (exact) mass is 212 g/mol. The molecule has 0 saturated carbocycles. The molecule has 0 spiro atoms. The van der Waals surface area contributed by atoms with E-state index in [0.717, 1.165) is 31.4 Å². The lowest BCUT2D eigenvalue weighted by Crippen LogP contribution is -2.16. The van der Waals surface area contributed by atoms with E-state index in [2.05, 4.69) is 17.4 Å². The van der Waals surface area contributed by atoms with Gasteiger partial charge >= 0.3 is 0 Å². The first-order valence-electron chi connectivity index (χ1n) is 5.48. The van der Waals surface area contributed by atoms with Crippen LogP contribution in [0.4, 0.5) is 0 Å². The summed E-state index contributed by atoms with van der Waals surface area (Å²) < 4.78 is 5.48. The normalized spacial score (nSPS) is 28.9. The van der Waals surface area contributed by atoms with Crippen molar-refractivity contribution in [3.05, 3.63) is 11.3 Å². The molecular weight excluding hydrogens is 192 g/mol. The summed E-state index contributed by atoms with van der Waals surface area (Å²) in [5.74, 6) is 0. The molecule has 0 bridgehead atoms. The average Bonchev–Trinajstić information content (AvgIpc) is 2.26. The number of ether oxygens (including phenoxy) is 1. The molecule has 0 saturated heterocycles. The minimum absolute atomic E-state index is 0.336. The van der Waals surface area contributed by atoms with Crippen molar-refractivity contribution in [2.75, 3.05) is 13.2 Å². The van der Waals surface area contributed by atoms with E-state index in [1.165, 1.54) is 0 Å². The average molecular weight is 212 g/mol. The third kappa shape index (κ3) is 4.01. The lowest BCUT2D eigenvalue weighted by molar-refractivity contribution is 0.145. The van der Waals surface area contributed by atoms with E-state index in [0.29, 0.717) is 18.3 Å². The van der Waals surface area contributed by atoms with Crippen molar-refractivity contribution in [1.82, 2.24) is 5.48 Å². The lowest BCUT2D eigenvalue weighted by atomic mass is 10.1. The third-order valence-electron chi connectivity index (χ3n) is 2.61. The molecule has 1 atom stereocenters. The first-order chi connectivity index (χ1) is 7.27. The van der Waals surface area contributed by atoms with Gasteiger partial charge in [-0.1, -0.05) is 6.92 Å². The molecule has 2 N–H and O–H groups in total. The molecule has 0 aromatic rings. The molecule has 0 radical (unpaired) electrons. The predicted molar refractivity (Wildman–Crippen MR) is 60.2 cm³/mol. The summed E-state index contributed by atoms with van der Waals surface area (Å²) in [5, 5.41) is 8.94. The standard InChI is InChI=1S/C11H20N2O2/c1-3-10-5-4-6-15-8-9(2)11(13-14)7-12-10/h7,10,13-14H,3-6,8H2,1-2H3/b11-9-,12-7?/t10-/m1/s1. The Morgan fingerprint density at radius 1 is 1.67 bits per heavy atom. The van der Waals surface area contributed by atoms with Crippen molar-refractivity contribution < 1.29 is 9.94 Å². The van der Waals surface area contributed by atoms with Crippen molar-refractivity contribution in [3.8, 4) is 0 Å². The molecule has 86 valence electrons. The summed E-state index contributed by atoms with van der Waals surface area (Å²) in [6.45, 7) is 5.36. The Labute approximate surface area is 91.0 Å². The highest BCUT2D eigenvalue weighted by atomic mass is 16.5. The summed E-state index contributed by atoms with van der Waals surface area (Å²) >= 11 is 0. The molecule has 1 aliphatic rings. The van der Waals surface area contributed by atoms with Crippen LogP contribution in [0.2, 0.25) is 0 Å². The van der Waals surface area contributed by atoms with Gasteiger partial charge in [0.1, 0.15) is 0 Å². The minimum atomic E-state index is 0.336. The highest BCUT2D eigenvalue weighted by molar-refractivity contribution is 5.78. The number of allylic oxidation sites excluding steroid dienone is 1. The van der Waals surface area contributed by atoms with Gasteiger partial charge in [0.25, 0.3) is 0 Å². The van der Waals surface area contributed by atoms with Crippen molar-refractivity contribution in [1.29, 1.82) is 0 Å². The van der Waals surface area contributed by atoms with Gasteiger partial charge in [0.15, 0.2) is 0 Å². The Morgan fingerprint density at radius 3 is 3.13 bits per heavy atom. The number of nitrogens with zero attached hydrogens (tertiary/aromatic N) is 1. The van der Waals surface area contributed by atoms with E-state index in [1.54, 1.807) is 6.21 Å². The van der Waals surface area contributed by atoms with Crippen LogP contribution < -0.4 is 5.48 Å². The molecule has 0 unspecified atom stereocenters. The fourth-order valence-corrected chi connectivity index (χ4v) is 1.52. The number of aliphatic imine (C=N–C) groups is 1. The zero-order chi connectivity index (χ0) is 11.1. The van der Waals surface area contributed by atoms with Crippen LogP contribution in [-0.2, 0) is 4.74 Å². The zero-order valence-corrected chi connectivity index (χ0v) is 9.49. The maximum absolute atomic E-state index is 8.94. The number of hydrogen-bond donors (Lipinski definition) is 2. The van der Waals surface area contributed by atoms with Gasteiger partial charge in [-0.3, -0.25) is 15.7 Å². The van der Waals surface area contributed by atoms with Crippen LogP contribution in [0.5, 0.6) is 0 Å². The second-order valence-electron chi connectivity index (χ2n) is 3.84. The SMILES string of the molecule is CC[C@@H]1CCCOC/C(C)=C(\NO)C=N1. The molecule has 0 fully saturated rings. The van der Waals surface area contributed by atoms with E-state index in [9.17, 15) is 0 Å². The predicted octanol–water partition coefficient (Wildman–Crippen LogP) is 1.90. The molecule has 0 aromatic carbocycles. The maximum atomic E-state index is 8.94. The van der Waals surface area contributed by atoms with Crippen LogP contribution in [0, 0.1) is 0 Å². The number of nitrogens with one attached hydrogen (secondary N) is 1. The fraction of sp³-hybridized carbons (Fsp3) is 0.727. The highest BCUT2D eigenvalue weighted by Crippen LogP contribution is 2.10. The summed E-state index contributed by atoms with van der Waals surface area (Å²) in [5.41, 5.74) is 3.78. The fourth-order valence-electron chi connectivity index (χ4n) is 1.52. The third-order valence-corrected chi connectivity index (χ3v) is 2.61. The Hall–Kier alpha value is -0.870. The molecule has 0 amide bonds. The molecule has 0 aliphatic carbocycles. The van der Waals surface area contributed by atoms with Crippen molar-refractivity contribution in [2.45, 2.75) is 39.2 Å². The summed E-state index contributed by atoms with van der Waals surface area (Å²) in [6, 6.07) is 0.336. The van der Waals surface area contributed by atoms with Crippen LogP contribution in [0.25, 0.3) is 0 Å². The highest BCUT2D eigenvalue weighted by Gasteiger charge is 2.07. The van der Waals surface area contributed by atoms with E-state index >= 15 is 0 Å². The van der Waals surface area contributed by atoms with Crippen LogP contribution >= 0.6 is 0 Å². The quantitative estimate of drug-likeness (QED) is 0.687. The van der Waals surface area contributed by atoms with Crippen LogP contribution in [-0.4, -0.2) is 30.7 Å². The lowest BCUT2D eigenvalue weighted by Gasteiger charge is -2.14. The second-order valence-corrected chi connectivity index (χ2v) is 3.84. The van der Waals surface area contributed by atoms with Crippen molar-refractivity contribution >= 4 is 6.21 Å². The zero-order valence-electron chi connectivity index (χ0n) is 9.49. The Bertz CT molecular complexity index is 249. The molecule has 4 heteroatoms. The number of rotatable bonds is 2. The van der Waals surface area contributed by atoms with Gasteiger partial charge in [-0.15, -0.1) is 0 Å². The molecule has 4 nitrogen and oxygen atoms in total. The largest absolute Gasteiger partial charge is 0.377 e. The Morgan fingerprint density at radius 2 is 2.47 bits per heavy atom. The van der Waals surface area contributed by atoms with Gasteiger partial charge < -0.3 is 4.74 Å². The Balaban J connectivity index is 2.75. The first kappa shape index (κ1) is 12.2. The molecule has 1 aliphatic heterocycles. The van der Waals surface area contributed by atoms with E-state index in [4.69, 9.17) is 9.94 Å². The Kier molecular flexibility index (Phi) is 5.36. The molecular formula is C11H20N2O2. The van der Waals surface area contributed by atoms with Gasteiger partial charge in [-0.2, -0.15) is 0 Å².